The fourth-order valence-corrected chi connectivity index (χ4v) is 3.57. The number of nitrogens with zero attached hydrogens (tertiary/aromatic N) is 3. The highest BCUT2D eigenvalue weighted by molar-refractivity contribution is 7.87. The number of piperidine rings is 1. The van der Waals surface area contributed by atoms with Crippen LogP contribution in [0.1, 0.15) is 19.3 Å². The molecular formula is C12H22N4O3S. The van der Waals surface area contributed by atoms with Crippen LogP contribution < -0.4 is 4.72 Å². The molecule has 0 aromatic carbocycles. The topological polar surface area (TPSA) is 87.5 Å². The van der Waals surface area contributed by atoms with Crippen molar-refractivity contribution in [3.05, 3.63) is 18.5 Å². The number of aliphatic hydroxyl groups excluding tert-OH is 1. The normalized spacial score (nSPS) is 18.4. The van der Waals surface area contributed by atoms with Gasteiger partial charge in [0.15, 0.2) is 0 Å². The summed E-state index contributed by atoms with van der Waals surface area (Å²) in [4.78, 5) is 0. The molecular weight excluding hydrogens is 280 g/mol. The van der Waals surface area contributed by atoms with Crippen LogP contribution in [0.4, 0.5) is 0 Å². The van der Waals surface area contributed by atoms with E-state index in [0.717, 1.165) is 12.8 Å². The van der Waals surface area contributed by atoms with E-state index < -0.39 is 10.2 Å². The Bertz CT molecular complexity index is 481. The van der Waals surface area contributed by atoms with Crippen molar-refractivity contribution in [1.29, 1.82) is 0 Å². The van der Waals surface area contributed by atoms with E-state index in [9.17, 15) is 8.42 Å². The standard InChI is InChI=1S/C12H22N4O3S/c17-11-12-3-9-16(10-4-12)20(18,19)14-6-2-8-15-7-1-5-13-15/h1,5,7,12,14,17H,2-4,6,8-11H2. The molecule has 1 fully saturated rings. The number of rotatable bonds is 7. The molecule has 2 heterocycles. The molecule has 0 spiro atoms. The summed E-state index contributed by atoms with van der Waals surface area (Å²) in [6.07, 6.45) is 5.72. The number of aliphatic hydroxyl groups is 1. The average Bonchev–Trinajstić information content (AvgIpc) is 2.97. The Kier molecular flexibility index (Phi) is 5.53. The Balaban J connectivity index is 1.71. The molecule has 1 aliphatic rings. The molecule has 2 rings (SSSR count). The first kappa shape index (κ1) is 15.4. The van der Waals surface area contributed by atoms with E-state index in [-0.39, 0.29) is 12.5 Å². The maximum atomic E-state index is 12.1. The maximum Gasteiger partial charge on any atom is 0.279 e. The Morgan fingerprint density at radius 3 is 2.70 bits per heavy atom. The summed E-state index contributed by atoms with van der Waals surface area (Å²) in [7, 11) is -3.38. The van der Waals surface area contributed by atoms with Crippen molar-refractivity contribution in [2.24, 2.45) is 5.92 Å². The van der Waals surface area contributed by atoms with Crippen LogP contribution in [0, 0.1) is 5.92 Å². The van der Waals surface area contributed by atoms with Gasteiger partial charge in [0.05, 0.1) is 0 Å². The summed E-state index contributed by atoms with van der Waals surface area (Å²) in [5.41, 5.74) is 0. The SMILES string of the molecule is O=S(=O)(NCCCn1cccn1)N1CCC(CO)CC1. The van der Waals surface area contributed by atoms with Crippen molar-refractivity contribution in [3.63, 3.8) is 0 Å². The highest BCUT2D eigenvalue weighted by Gasteiger charge is 2.27. The second-order valence-electron chi connectivity index (χ2n) is 5.05. The van der Waals surface area contributed by atoms with E-state index in [1.165, 1.54) is 4.31 Å². The van der Waals surface area contributed by atoms with E-state index in [4.69, 9.17) is 5.11 Å². The molecule has 1 aromatic rings. The summed E-state index contributed by atoms with van der Waals surface area (Å²) in [5.74, 6) is 0.237. The molecule has 1 aliphatic heterocycles. The van der Waals surface area contributed by atoms with Gasteiger partial charge < -0.3 is 5.11 Å². The average molecular weight is 302 g/mol. The molecule has 0 aliphatic carbocycles. The third-order valence-corrected chi connectivity index (χ3v) is 5.19. The third-order valence-electron chi connectivity index (χ3n) is 3.58. The van der Waals surface area contributed by atoms with Gasteiger partial charge in [0.1, 0.15) is 0 Å². The van der Waals surface area contributed by atoms with E-state index in [1.807, 2.05) is 12.3 Å². The summed E-state index contributed by atoms with van der Waals surface area (Å²) in [5, 5.41) is 13.1. The Hall–Kier alpha value is -0.960. The zero-order chi connectivity index (χ0) is 14.4. The molecule has 0 amide bonds. The number of aryl methyl sites for hydroxylation is 1. The van der Waals surface area contributed by atoms with E-state index in [1.54, 1.807) is 10.9 Å². The lowest BCUT2D eigenvalue weighted by Crippen LogP contribution is -2.45. The molecule has 1 aromatic heterocycles. The van der Waals surface area contributed by atoms with Crippen LogP contribution in [0.25, 0.3) is 0 Å². The predicted octanol–water partition coefficient (Wildman–Crippen LogP) is -0.188. The van der Waals surface area contributed by atoms with E-state index >= 15 is 0 Å². The highest BCUT2D eigenvalue weighted by Crippen LogP contribution is 2.18. The smallest absolute Gasteiger partial charge is 0.279 e. The molecule has 0 unspecified atom stereocenters. The van der Waals surface area contributed by atoms with Crippen molar-refractivity contribution in [1.82, 2.24) is 18.8 Å². The van der Waals surface area contributed by atoms with Gasteiger partial charge in [0, 0.05) is 45.2 Å². The largest absolute Gasteiger partial charge is 0.396 e. The molecule has 0 bridgehead atoms. The maximum absolute atomic E-state index is 12.1. The van der Waals surface area contributed by atoms with Gasteiger partial charge in [-0.05, 0) is 31.2 Å². The minimum absolute atomic E-state index is 0.144. The lowest BCUT2D eigenvalue weighted by atomic mass is 10.00. The molecule has 0 radical (unpaired) electrons. The lowest BCUT2D eigenvalue weighted by Gasteiger charge is -2.30. The Labute approximate surface area is 119 Å². The van der Waals surface area contributed by atoms with Gasteiger partial charge in [-0.2, -0.15) is 17.8 Å². The van der Waals surface area contributed by atoms with Gasteiger partial charge >= 0.3 is 0 Å². The van der Waals surface area contributed by atoms with Gasteiger partial charge in [-0.25, -0.2) is 4.72 Å². The molecule has 7 nitrogen and oxygen atoms in total. The summed E-state index contributed by atoms with van der Waals surface area (Å²) in [6.45, 7) is 2.22. The molecule has 2 N–H and O–H groups in total. The molecule has 20 heavy (non-hydrogen) atoms. The van der Waals surface area contributed by atoms with Crippen molar-refractivity contribution < 1.29 is 13.5 Å². The highest BCUT2D eigenvalue weighted by atomic mass is 32.2. The van der Waals surface area contributed by atoms with Crippen LogP contribution in [0.5, 0.6) is 0 Å². The van der Waals surface area contributed by atoms with Crippen molar-refractivity contribution in [2.45, 2.75) is 25.8 Å². The van der Waals surface area contributed by atoms with Gasteiger partial charge in [0.2, 0.25) is 0 Å². The Morgan fingerprint density at radius 2 is 2.10 bits per heavy atom. The minimum atomic E-state index is -3.38. The van der Waals surface area contributed by atoms with Crippen LogP contribution in [-0.4, -0.2) is 53.9 Å². The van der Waals surface area contributed by atoms with Crippen LogP contribution in [0.3, 0.4) is 0 Å². The molecule has 0 saturated carbocycles. The van der Waals surface area contributed by atoms with Gasteiger partial charge in [-0.15, -0.1) is 0 Å². The summed E-state index contributed by atoms with van der Waals surface area (Å²) < 4.78 is 30.0. The van der Waals surface area contributed by atoms with Gasteiger partial charge in [-0.3, -0.25) is 4.68 Å². The molecule has 114 valence electrons. The monoisotopic (exact) mass is 302 g/mol. The number of hydrogen-bond donors (Lipinski definition) is 2. The van der Waals surface area contributed by atoms with E-state index in [2.05, 4.69) is 9.82 Å². The first-order valence-corrected chi connectivity index (χ1v) is 8.39. The van der Waals surface area contributed by atoms with Gasteiger partial charge in [0.25, 0.3) is 10.2 Å². The quantitative estimate of drug-likeness (QED) is 0.684. The minimum Gasteiger partial charge on any atom is -0.396 e. The summed E-state index contributed by atoms with van der Waals surface area (Å²) >= 11 is 0. The Morgan fingerprint density at radius 1 is 1.35 bits per heavy atom. The third kappa shape index (κ3) is 4.27. The van der Waals surface area contributed by atoms with E-state index in [0.29, 0.717) is 32.6 Å². The van der Waals surface area contributed by atoms with Crippen LogP contribution in [0.2, 0.25) is 0 Å². The fraction of sp³-hybridized carbons (Fsp3) is 0.750. The number of hydrogen-bond acceptors (Lipinski definition) is 4. The molecule has 1 saturated heterocycles. The number of nitrogens with one attached hydrogen (secondary N) is 1. The first-order valence-electron chi connectivity index (χ1n) is 6.95. The zero-order valence-corrected chi connectivity index (χ0v) is 12.3. The summed E-state index contributed by atoms with van der Waals surface area (Å²) in [6, 6.07) is 1.84. The van der Waals surface area contributed by atoms with Crippen LogP contribution >= 0.6 is 0 Å². The second-order valence-corrected chi connectivity index (χ2v) is 6.80. The predicted molar refractivity (Wildman–Crippen MR) is 75.1 cm³/mol. The zero-order valence-electron chi connectivity index (χ0n) is 11.5. The van der Waals surface area contributed by atoms with Crippen molar-refractivity contribution in [3.8, 4) is 0 Å². The van der Waals surface area contributed by atoms with Crippen LogP contribution in [-0.2, 0) is 16.8 Å². The van der Waals surface area contributed by atoms with Crippen molar-refractivity contribution in [2.75, 3.05) is 26.2 Å². The van der Waals surface area contributed by atoms with Crippen LogP contribution in [0.15, 0.2) is 18.5 Å². The van der Waals surface area contributed by atoms with Gasteiger partial charge in [-0.1, -0.05) is 0 Å². The number of aromatic nitrogens is 2. The molecule has 0 atom stereocenters. The lowest BCUT2D eigenvalue weighted by molar-refractivity contribution is 0.169. The van der Waals surface area contributed by atoms with Crippen molar-refractivity contribution >= 4 is 10.2 Å². The molecule has 8 heteroatoms. The second kappa shape index (κ2) is 7.16. The fourth-order valence-electron chi connectivity index (χ4n) is 2.30. The first-order chi connectivity index (χ1) is 9.62.